The van der Waals surface area contributed by atoms with E-state index in [4.69, 9.17) is 11.6 Å². The molecule has 0 amide bonds. The number of halogens is 1. The van der Waals surface area contributed by atoms with Crippen LogP contribution < -0.4 is 5.32 Å². The van der Waals surface area contributed by atoms with Gasteiger partial charge >= 0.3 is 0 Å². The van der Waals surface area contributed by atoms with E-state index in [-0.39, 0.29) is 5.54 Å². The highest BCUT2D eigenvalue weighted by Gasteiger charge is 2.37. The summed E-state index contributed by atoms with van der Waals surface area (Å²) in [7, 11) is 4.01. The zero-order valence-electron chi connectivity index (χ0n) is 14.6. The number of nitrogens with one attached hydrogen (secondary N) is 1. The van der Waals surface area contributed by atoms with Crippen LogP contribution in [0.1, 0.15) is 45.5 Å². The van der Waals surface area contributed by atoms with Crippen LogP contribution in [0.4, 0.5) is 0 Å². The molecule has 1 aromatic heterocycles. The second-order valence-electron chi connectivity index (χ2n) is 5.90. The van der Waals surface area contributed by atoms with Gasteiger partial charge in [0.2, 0.25) is 0 Å². The maximum atomic E-state index is 6.43. The molecule has 2 atom stereocenters. The summed E-state index contributed by atoms with van der Waals surface area (Å²) in [5, 5.41) is 8.75. The number of nitrogens with zero attached hydrogens (tertiary/aromatic N) is 3. The lowest BCUT2D eigenvalue weighted by Crippen LogP contribution is -2.59. The molecule has 0 aliphatic heterocycles. The Balaban J connectivity index is 3.10. The van der Waals surface area contributed by atoms with Gasteiger partial charge in [-0.25, -0.2) is 0 Å². The van der Waals surface area contributed by atoms with Crippen LogP contribution in [-0.2, 0) is 13.5 Å². The molecule has 0 aromatic carbocycles. The van der Waals surface area contributed by atoms with E-state index >= 15 is 0 Å². The molecule has 2 unspecified atom stereocenters. The van der Waals surface area contributed by atoms with Crippen LogP contribution in [0.3, 0.4) is 0 Å². The maximum absolute atomic E-state index is 6.43. The molecule has 1 heterocycles. The molecule has 0 bridgehead atoms. The highest BCUT2D eigenvalue weighted by Crippen LogP contribution is 2.28. The van der Waals surface area contributed by atoms with Gasteiger partial charge < -0.3 is 5.32 Å². The second kappa shape index (κ2) is 7.61. The van der Waals surface area contributed by atoms with Crippen LogP contribution in [0.5, 0.6) is 0 Å². The van der Waals surface area contributed by atoms with Crippen molar-refractivity contribution in [3.63, 3.8) is 0 Å². The first-order valence-electron chi connectivity index (χ1n) is 7.95. The van der Waals surface area contributed by atoms with Gasteiger partial charge in [0.05, 0.1) is 16.4 Å². The minimum absolute atomic E-state index is 0.0970. The molecule has 0 radical (unpaired) electrons. The van der Waals surface area contributed by atoms with Crippen molar-refractivity contribution in [3.8, 4) is 0 Å². The summed E-state index contributed by atoms with van der Waals surface area (Å²) in [6, 6.07) is 0.328. The predicted octanol–water partition coefficient (Wildman–Crippen LogP) is 3.02. The Morgan fingerprint density at radius 2 is 1.90 bits per heavy atom. The molecule has 0 aliphatic carbocycles. The Hall–Kier alpha value is -0.580. The van der Waals surface area contributed by atoms with E-state index in [0.29, 0.717) is 6.04 Å². The summed E-state index contributed by atoms with van der Waals surface area (Å²) in [5.74, 6) is 0. The molecular formula is C16H31ClN4. The fraction of sp³-hybridized carbons (Fsp3) is 0.812. The number of hydrogen-bond donors (Lipinski definition) is 1. The monoisotopic (exact) mass is 314 g/mol. The fourth-order valence-corrected chi connectivity index (χ4v) is 3.60. The van der Waals surface area contributed by atoms with Gasteiger partial charge in [0, 0.05) is 25.0 Å². The quantitative estimate of drug-likeness (QED) is 0.800. The van der Waals surface area contributed by atoms with Gasteiger partial charge in [-0.3, -0.25) is 9.58 Å². The zero-order chi connectivity index (χ0) is 16.2. The molecular weight excluding hydrogens is 284 g/mol. The Morgan fingerprint density at radius 1 is 1.33 bits per heavy atom. The van der Waals surface area contributed by atoms with E-state index in [1.807, 2.05) is 25.7 Å². The normalized spacial score (nSPS) is 16.2. The molecule has 0 saturated heterocycles. The molecule has 1 aromatic rings. The lowest BCUT2D eigenvalue weighted by Gasteiger charge is -2.45. The Kier molecular flexibility index (Phi) is 6.70. The third-order valence-corrected chi connectivity index (χ3v) is 5.45. The smallest absolute Gasteiger partial charge is 0.0847 e. The van der Waals surface area contributed by atoms with Gasteiger partial charge in [0.25, 0.3) is 0 Å². The van der Waals surface area contributed by atoms with Crippen molar-refractivity contribution in [2.75, 3.05) is 20.1 Å². The second-order valence-corrected chi connectivity index (χ2v) is 6.28. The van der Waals surface area contributed by atoms with Gasteiger partial charge in [-0.1, -0.05) is 32.4 Å². The largest absolute Gasteiger partial charge is 0.315 e. The SMILES string of the molecule is CCN(CC)C(C)(CC)C(Cc1c(Cl)c(C)nn1C)NC. The topological polar surface area (TPSA) is 33.1 Å². The number of hydrogen-bond acceptors (Lipinski definition) is 3. The summed E-state index contributed by atoms with van der Waals surface area (Å²) in [4.78, 5) is 2.53. The number of aromatic nitrogens is 2. The fourth-order valence-electron chi connectivity index (χ4n) is 3.36. The summed E-state index contributed by atoms with van der Waals surface area (Å²) in [5.41, 5.74) is 2.12. The average Bonchev–Trinajstić information content (AvgIpc) is 2.71. The van der Waals surface area contributed by atoms with Crippen molar-refractivity contribution in [2.24, 2.45) is 7.05 Å². The molecule has 0 aliphatic rings. The Bertz CT molecular complexity index is 453. The summed E-state index contributed by atoms with van der Waals surface area (Å²) in [6.45, 7) is 13.1. The van der Waals surface area contributed by atoms with Gasteiger partial charge in [-0.05, 0) is 40.4 Å². The van der Waals surface area contributed by atoms with E-state index in [0.717, 1.165) is 42.3 Å². The van der Waals surface area contributed by atoms with E-state index in [1.54, 1.807) is 0 Å². The molecule has 5 heteroatoms. The zero-order valence-corrected chi connectivity index (χ0v) is 15.4. The third kappa shape index (κ3) is 3.61. The Morgan fingerprint density at radius 3 is 2.24 bits per heavy atom. The average molecular weight is 315 g/mol. The van der Waals surface area contributed by atoms with E-state index < -0.39 is 0 Å². The van der Waals surface area contributed by atoms with Crippen LogP contribution in [0.2, 0.25) is 5.02 Å². The van der Waals surface area contributed by atoms with Crippen molar-refractivity contribution in [3.05, 3.63) is 16.4 Å². The first-order valence-corrected chi connectivity index (χ1v) is 8.33. The lowest BCUT2D eigenvalue weighted by molar-refractivity contribution is 0.0723. The highest BCUT2D eigenvalue weighted by molar-refractivity contribution is 6.31. The van der Waals surface area contributed by atoms with Crippen LogP contribution in [0.25, 0.3) is 0 Å². The van der Waals surface area contributed by atoms with Crippen LogP contribution in [0, 0.1) is 6.92 Å². The number of likely N-dealkylation sites (N-methyl/N-ethyl adjacent to an activating group) is 2. The van der Waals surface area contributed by atoms with E-state index in [1.165, 1.54) is 0 Å². The van der Waals surface area contributed by atoms with Gasteiger partial charge in [0.15, 0.2) is 0 Å². The minimum Gasteiger partial charge on any atom is -0.315 e. The molecule has 4 nitrogen and oxygen atoms in total. The van der Waals surface area contributed by atoms with Crippen molar-refractivity contribution in [1.82, 2.24) is 20.0 Å². The van der Waals surface area contributed by atoms with Crippen LogP contribution in [0.15, 0.2) is 0 Å². The Labute approximate surface area is 134 Å². The molecule has 122 valence electrons. The van der Waals surface area contributed by atoms with Crippen molar-refractivity contribution in [2.45, 2.75) is 59.0 Å². The summed E-state index contributed by atoms with van der Waals surface area (Å²) >= 11 is 6.43. The molecule has 1 N–H and O–H groups in total. The van der Waals surface area contributed by atoms with Crippen LogP contribution >= 0.6 is 11.6 Å². The standard InChI is InChI=1S/C16H31ClN4/c1-8-16(5,21(9-2)10-3)14(18-6)11-13-15(17)12(4)19-20(13)7/h14,18H,8-11H2,1-7H3. The summed E-state index contributed by atoms with van der Waals surface area (Å²) < 4.78 is 1.92. The maximum Gasteiger partial charge on any atom is 0.0847 e. The predicted molar refractivity (Wildman–Crippen MR) is 91.1 cm³/mol. The van der Waals surface area contributed by atoms with E-state index in [9.17, 15) is 0 Å². The minimum atomic E-state index is 0.0970. The van der Waals surface area contributed by atoms with Gasteiger partial charge in [-0.15, -0.1) is 0 Å². The number of rotatable bonds is 8. The summed E-state index contributed by atoms with van der Waals surface area (Å²) in [6.07, 6.45) is 1.97. The van der Waals surface area contributed by atoms with Crippen molar-refractivity contribution < 1.29 is 0 Å². The van der Waals surface area contributed by atoms with Crippen molar-refractivity contribution >= 4 is 11.6 Å². The van der Waals surface area contributed by atoms with Crippen LogP contribution in [-0.4, -0.2) is 46.4 Å². The highest BCUT2D eigenvalue weighted by atomic mass is 35.5. The first kappa shape index (κ1) is 18.5. The van der Waals surface area contributed by atoms with Crippen molar-refractivity contribution in [1.29, 1.82) is 0 Å². The molecule has 21 heavy (non-hydrogen) atoms. The molecule has 1 rings (SSSR count). The van der Waals surface area contributed by atoms with Gasteiger partial charge in [0.1, 0.15) is 0 Å². The molecule has 0 saturated carbocycles. The van der Waals surface area contributed by atoms with E-state index in [2.05, 4.69) is 43.0 Å². The molecule has 0 fully saturated rings. The lowest BCUT2D eigenvalue weighted by atomic mass is 9.84. The number of aryl methyl sites for hydroxylation is 2. The first-order chi connectivity index (χ1) is 9.85. The van der Waals surface area contributed by atoms with Gasteiger partial charge in [-0.2, -0.15) is 5.10 Å². The molecule has 0 spiro atoms. The third-order valence-electron chi connectivity index (χ3n) is 4.96.